The van der Waals surface area contributed by atoms with E-state index in [-0.39, 0.29) is 38.0 Å². The second-order valence-electron chi connectivity index (χ2n) is 11.2. The van der Waals surface area contributed by atoms with Crippen molar-refractivity contribution in [2.45, 2.75) is 76.0 Å². The predicted octanol–water partition coefficient (Wildman–Crippen LogP) is 5.34. The van der Waals surface area contributed by atoms with Gasteiger partial charge in [0.1, 0.15) is 6.54 Å². The van der Waals surface area contributed by atoms with E-state index in [1.165, 1.54) is 80.2 Å². The second kappa shape index (κ2) is 15.3. The van der Waals surface area contributed by atoms with E-state index in [1.807, 2.05) is 24.3 Å². The van der Waals surface area contributed by atoms with Crippen molar-refractivity contribution in [2.24, 2.45) is 0 Å². The second-order valence-corrected chi connectivity index (χ2v) is 11.2. The summed E-state index contributed by atoms with van der Waals surface area (Å²) in [5.74, 6) is -0.369. The number of carboxylic acid groups (broad SMARTS) is 1. The number of benzene rings is 2. The Kier molecular flexibility index (Phi) is 11.3. The molecule has 0 heterocycles. The minimum Gasteiger partial charge on any atom is -0.480 e. The van der Waals surface area contributed by atoms with Crippen LogP contribution in [0.15, 0.2) is 48.5 Å². The molecule has 4 N–H and O–H groups in total. The zero-order valence-electron chi connectivity index (χ0n) is 23.5. The molecule has 0 saturated heterocycles. The van der Waals surface area contributed by atoms with Gasteiger partial charge in [0.25, 0.3) is 0 Å². The molecule has 8 heteroatoms. The van der Waals surface area contributed by atoms with E-state index >= 15 is 0 Å². The molecule has 40 heavy (non-hydrogen) atoms. The molecule has 8 nitrogen and oxygen atoms in total. The number of carboxylic acids is 1. The number of rotatable bonds is 13. The van der Waals surface area contributed by atoms with Gasteiger partial charge in [-0.3, -0.25) is 14.4 Å². The van der Waals surface area contributed by atoms with Gasteiger partial charge in [0.15, 0.2) is 0 Å². The fourth-order valence-electron chi connectivity index (χ4n) is 5.94. The van der Waals surface area contributed by atoms with Crippen LogP contribution in [0.3, 0.4) is 0 Å². The number of anilines is 2. The summed E-state index contributed by atoms with van der Waals surface area (Å²) in [5.41, 5.74) is 4.42. The van der Waals surface area contributed by atoms with Crippen LogP contribution in [0.2, 0.25) is 0 Å². The molecule has 216 valence electrons. The Balaban J connectivity index is 1.17. The van der Waals surface area contributed by atoms with Crippen LogP contribution in [0.25, 0.3) is 0 Å². The molecule has 2 aromatic rings. The average Bonchev–Trinajstić information content (AvgIpc) is 2.99. The Morgan fingerprint density at radius 3 is 1.65 bits per heavy atom. The third kappa shape index (κ3) is 9.28. The summed E-state index contributed by atoms with van der Waals surface area (Å²) in [5, 5.41) is 18.3. The van der Waals surface area contributed by atoms with Crippen molar-refractivity contribution in [1.29, 1.82) is 0 Å². The first-order chi connectivity index (χ1) is 19.5. The van der Waals surface area contributed by atoms with Gasteiger partial charge < -0.3 is 26.0 Å². The first kappa shape index (κ1) is 29.4. The van der Waals surface area contributed by atoms with Gasteiger partial charge >= 0.3 is 5.97 Å². The molecule has 2 fully saturated rings. The summed E-state index contributed by atoms with van der Waals surface area (Å²) in [6.45, 7) is -0.0233. The van der Waals surface area contributed by atoms with Crippen molar-refractivity contribution in [3.8, 4) is 0 Å². The zero-order chi connectivity index (χ0) is 28.2. The highest BCUT2D eigenvalue weighted by Gasteiger charge is 2.18. The number of nitrogens with zero attached hydrogens (tertiary/aromatic N) is 1. The van der Waals surface area contributed by atoms with Gasteiger partial charge in [0, 0.05) is 24.5 Å². The molecule has 0 bridgehead atoms. The van der Waals surface area contributed by atoms with Crippen LogP contribution in [0.4, 0.5) is 11.4 Å². The third-order valence-corrected chi connectivity index (χ3v) is 8.25. The van der Waals surface area contributed by atoms with Gasteiger partial charge in [0.05, 0.1) is 13.1 Å². The summed E-state index contributed by atoms with van der Waals surface area (Å²) >= 11 is 0. The zero-order valence-corrected chi connectivity index (χ0v) is 23.5. The van der Waals surface area contributed by atoms with E-state index in [1.54, 1.807) is 0 Å². The number of carbonyl (C=O) groups excluding carboxylic acids is 2. The Labute approximate surface area is 237 Å². The van der Waals surface area contributed by atoms with E-state index in [4.69, 9.17) is 0 Å². The quantitative estimate of drug-likeness (QED) is 0.269. The van der Waals surface area contributed by atoms with Gasteiger partial charge in [-0.25, -0.2) is 0 Å². The van der Waals surface area contributed by atoms with Crippen LogP contribution in [-0.2, 0) is 14.4 Å². The van der Waals surface area contributed by atoms with E-state index in [2.05, 4.69) is 40.2 Å². The lowest BCUT2D eigenvalue weighted by Crippen LogP contribution is -2.44. The van der Waals surface area contributed by atoms with Crippen LogP contribution >= 0.6 is 0 Å². The number of aliphatic carboxylic acids is 1. The highest BCUT2D eigenvalue weighted by Crippen LogP contribution is 2.34. The maximum Gasteiger partial charge on any atom is 0.323 e. The fourth-order valence-corrected chi connectivity index (χ4v) is 5.94. The average molecular weight is 549 g/mol. The van der Waals surface area contributed by atoms with E-state index in [9.17, 15) is 19.5 Å². The standard InChI is InChI=1S/C32H44N4O4/c37-30(21-34-28-15-11-26(12-16-28)24-7-3-1-4-8-24)33-19-20-36(23-32(39)40)31(38)22-35-29-17-13-27(14-18-29)25-9-5-2-6-10-25/h11-18,24-25,34-35H,1-10,19-23H2,(H,33,37)(H,39,40). The Bertz CT molecular complexity index is 1090. The monoisotopic (exact) mass is 548 g/mol. The fraction of sp³-hybridized carbons (Fsp3) is 0.531. The van der Waals surface area contributed by atoms with Crippen LogP contribution in [0, 0.1) is 0 Å². The van der Waals surface area contributed by atoms with Gasteiger partial charge in [0.2, 0.25) is 11.8 Å². The van der Waals surface area contributed by atoms with Crippen molar-refractivity contribution in [3.63, 3.8) is 0 Å². The number of hydrogen-bond acceptors (Lipinski definition) is 5. The van der Waals surface area contributed by atoms with Crippen molar-refractivity contribution in [3.05, 3.63) is 59.7 Å². The minimum atomic E-state index is -1.09. The van der Waals surface area contributed by atoms with E-state index in [0.29, 0.717) is 11.8 Å². The lowest BCUT2D eigenvalue weighted by molar-refractivity contribution is -0.143. The van der Waals surface area contributed by atoms with Crippen LogP contribution in [-0.4, -0.2) is 60.5 Å². The summed E-state index contributed by atoms with van der Waals surface area (Å²) in [7, 11) is 0. The minimum absolute atomic E-state index is 0.0115. The smallest absolute Gasteiger partial charge is 0.323 e. The number of hydrogen-bond donors (Lipinski definition) is 4. The third-order valence-electron chi connectivity index (χ3n) is 8.25. The molecule has 2 amide bonds. The summed E-state index contributed by atoms with van der Waals surface area (Å²) in [6, 6.07) is 16.5. The van der Waals surface area contributed by atoms with Crippen LogP contribution in [0.1, 0.15) is 87.2 Å². The van der Waals surface area contributed by atoms with Gasteiger partial charge in [-0.2, -0.15) is 0 Å². The van der Waals surface area contributed by atoms with E-state index in [0.717, 1.165) is 11.4 Å². The van der Waals surface area contributed by atoms with Crippen LogP contribution < -0.4 is 16.0 Å². The first-order valence-electron chi connectivity index (χ1n) is 14.9. The molecule has 2 aromatic carbocycles. The maximum atomic E-state index is 12.8. The highest BCUT2D eigenvalue weighted by molar-refractivity contribution is 5.85. The first-order valence-corrected chi connectivity index (χ1v) is 14.9. The molecule has 4 rings (SSSR count). The summed E-state index contributed by atoms with van der Waals surface area (Å²) in [4.78, 5) is 37.7. The molecule has 0 atom stereocenters. The number of nitrogens with one attached hydrogen (secondary N) is 3. The molecule has 0 aliphatic heterocycles. The number of carbonyl (C=O) groups is 3. The largest absolute Gasteiger partial charge is 0.480 e. The predicted molar refractivity (Wildman–Crippen MR) is 159 cm³/mol. The summed E-state index contributed by atoms with van der Waals surface area (Å²) in [6.07, 6.45) is 12.8. The SMILES string of the molecule is O=C(O)CN(CCNC(=O)CNc1ccc(C2CCCCC2)cc1)C(=O)CNc1ccc(C2CCCCC2)cc1. The molecule has 0 unspecified atom stereocenters. The van der Waals surface area contributed by atoms with Crippen molar-refractivity contribution >= 4 is 29.2 Å². The lowest BCUT2D eigenvalue weighted by Gasteiger charge is -2.23. The van der Waals surface area contributed by atoms with Crippen molar-refractivity contribution in [1.82, 2.24) is 10.2 Å². The molecule has 0 aromatic heterocycles. The molecule has 0 radical (unpaired) electrons. The van der Waals surface area contributed by atoms with Gasteiger partial charge in [-0.05, 0) is 72.9 Å². The highest BCUT2D eigenvalue weighted by atomic mass is 16.4. The Morgan fingerprint density at radius 2 is 1.18 bits per heavy atom. The normalized spacial score (nSPS) is 16.2. The van der Waals surface area contributed by atoms with Crippen molar-refractivity contribution < 1.29 is 19.5 Å². The molecule has 0 spiro atoms. The summed E-state index contributed by atoms with van der Waals surface area (Å²) < 4.78 is 0. The molecular weight excluding hydrogens is 504 g/mol. The van der Waals surface area contributed by atoms with Crippen LogP contribution in [0.5, 0.6) is 0 Å². The van der Waals surface area contributed by atoms with Gasteiger partial charge in [-0.15, -0.1) is 0 Å². The molecule has 2 saturated carbocycles. The topological polar surface area (TPSA) is 111 Å². The van der Waals surface area contributed by atoms with Gasteiger partial charge in [-0.1, -0.05) is 62.8 Å². The molecule has 2 aliphatic rings. The Morgan fingerprint density at radius 1 is 0.700 bits per heavy atom. The number of amides is 2. The Hall–Kier alpha value is -3.55. The molecule has 2 aliphatic carbocycles. The maximum absolute atomic E-state index is 12.8. The van der Waals surface area contributed by atoms with Crippen molar-refractivity contribution in [2.75, 3.05) is 43.4 Å². The van der Waals surface area contributed by atoms with E-state index < -0.39 is 12.5 Å². The lowest BCUT2D eigenvalue weighted by atomic mass is 9.84. The molecular formula is C32H44N4O4.